The standard InChI is InChI=1S/C34H41ClN4O8S/c1-21-31(40)36-48(44,45)25-10-13-30-28(17-25)38(19-34(20-46-30)14-4-6-22-16-24(35)9-12-27(22)34)18-23-8-11-26(23)29(47-33(43)37(2)3)7-5-15-39(21)32(41)42/h5,7,9-10,12-13,16-17,21,23,26,29H,4,6,8,11,14-15,18-20H2,1-3H3,(H,36,40)(H,41,42)/t21-,23+,26-,29+,34+/m1/s1. The highest BCUT2D eigenvalue weighted by Gasteiger charge is 2.45. The molecule has 2 aliphatic carbocycles. The van der Waals surface area contributed by atoms with Crippen LogP contribution in [0.3, 0.4) is 0 Å². The Labute approximate surface area is 285 Å². The molecule has 0 radical (unpaired) electrons. The van der Waals surface area contributed by atoms with E-state index in [1.807, 2.05) is 12.1 Å². The molecular formula is C34H41ClN4O8S. The number of carbonyl (C=O) groups excluding carboxylic acids is 2. The molecule has 5 atom stereocenters. The second-order valence-corrected chi connectivity index (χ2v) is 15.6. The van der Waals surface area contributed by atoms with Gasteiger partial charge in [0.15, 0.2) is 0 Å². The van der Waals surface area contributed by atoms with Crippen LogP contribution in [0.25, 0.3) is 0 Å². The molecule has 2 bridgehead atoms. The number of nitrogens with one attached hydrogen (secondary N) is 1. The Balaban J connectivity index is 1.45. The van der Waals surface area contributed by atoms with Gasteiger partial charge in [-0.05, 0) is 92.5 Å². The minimum absolute atomic E-state index is 0.0632. The van der Waals surface area contributed by atoms with Crippen molar-refractivity contribution in [2.24, 2.45) is 11.8 Å². The molecule has 2 aromatic carbocycles. The number of carboxylic acid groups (broad SMARTS) is 1. The van der Waals surface area contributed by atoms with E-state index in [1.54, 1.807) is 32.3 Å². The number of sulfonamides is 1. The van der Waals surface area contributed by atoms with E-state index in [2.05, 4.69) is 15.7 Å². The van der Waals surface area contributed by atoms with Crippen molar-refractivity contribution < 1.29 is 37.4 Å². The number of hydrogen-bond donors (Lipinski definition) is 2. The van der Waals surface area contributed by atoms with Crippen molar-refractivity contribution in [2.75, 3.05) is 45.2 Å². The van der Waals surface area contributed by atoms with Crippen LogP contribution in [0, 0.1) is 11.8 Å². The van der Waals surface area contributed by atoms with E-state index >= 15 is 0 Å². The summed E-state index contributed by atoms with van der Waals surface area (Å²) in [7, 11) is -1.18. The molecule has 4 aliphatic rings. The van der Waals surface area contributed by atoms with Gasteiger partial charge in [-0.25, -0.2) is 22.7 Å². The molecule has 12 nitrogen and oxygen atoms in total. The van der Waals surface area contributed by atoms with Gasteiger partial charge in [0.05, 0.1) is 17.2 Å². The number of fused-ring (bicyclic) bond motifs is 4. The fraction of sp³-hybridized carbons (Fsp3) is 0.500. The van der Waals surface area contributed by atoms with E-state index in [0.717, 1.165) is 37.0 Å². The zero-order valence-electron chi connectivity index (χ0n) is 27.2. The summed E-state index contributed by atoms with van der Waals surface area (Å²) in [5, 5.41) is 10.6. The molecule has 0 unspecified atom stereocenters. The van der Waals surface area contributed by atoms with Crippen LogP contribution in [0.5, 0.6) is 5.75 Å². The lowest BCUT2D eigenvalue weighted by atomic mass is 9.68. The summed E-state index contributed by atoms with van der Waals surface area (Å²) in [5.74, 6) is -0.485. The van der Waals surface area contributed by atoms with E-state index in [-0.39, 0.29) is 23.3 Å². The Bertz CT molecular complexity index is 1750. The molecule has 1 saturated carbocycles. The molecule has 2 N–H and O–H groups in total. The number of nitrogens with zero attached hydrogens (tertiary/aromatic N) is 3. The maximum Gasteiger partial charge on any atom is 0.409 e. The summed E-state index contributed by atoms with van der Waals surface area (Å²) in [5.41, 5.74) is 2.53. The lowest BCUT2D eigenvalue weighted by molar-refractivity contribution is -0.123. The lowest BCUT2D eigenvalue weighted by Gasteiger charge is -2.46. The molecule has 258 valence electrons. The van der Waals surface area contributed by atoms with Crippen molar-refractivity contribution in [2.45, 2.75) is 61.5 Å². The summed E-state index contributed by atoms with van der Waals surface area (Å²) < 4.78 is 41.7. The van der Waals surface area contributed by atoms with Crippen molar-refractivity contribution in [3.05, 3.63) is 64.7 Å². The zero-order valence-corrected chi connectivity index (χ0v) is 28.8. The molecule has 14 heteroatoms. The lowest BCUT2D eigenvalue weighted by Crippen LogP contribution is -2.50. The van der Waals surface area contributed by atoms with Gasteiger partial charge in [-0.3, -0.25) is 9.69 Å². The quantitative estimate of drug-likeness (QED) is 0.406. The molecule has 48 heavy (non-hydrogen) atoms. The Morgan fingerprint density at radius 3 is 2.67 bits per heavy atom. The second-order valence-electron chi connectivity index (χ2n) is 13.5. The van der Waals surface area contributed by atoms with Crippen LogP contribution in [0.4, 0.5) is 15.3 Å². The zero-order chi connectivity index (χ0) is 34.4. The maximum absolute atomic E-state index is 13.6. The summed E-state index contributed by atoms with van der Waals surface area (Å²) in [6.07, 6.45) is 5.01. The molecule has 2 aromatic rings. The van der Waals surface area contributed by atoms with Crippen molar-refractivity contribution in [3.8, 4) is 5.75 Å². The molecule has 1 fully saturated rings. The van der Waals surface area contributed by atoms with E-state index in [9.17, 15) is 27.9 Å². The van der Waals surface area contributed by atoms with Gasteiger partial charge in [0.25, 0.3) is 15.9 Å². The first-order valence-corrected chi connectivity index (χ1v) is 18.1. The first-order chi connectivity index (χ1) is 22.8. The molecule has 2 aliphatic heterocycles. The molecule has 0 aromatic heterocycles. The molecule has 1 spiro atoms. The number of rotatable bonds is 1. The Morgan fingerprint density at radius 2 is 1.96 bits per heavy atom. The third-order valence-corrected chi connectivity index (χ3v) is 11.8. The number of carbonyl (C=O) groups is 3. The number of ether oxygens (including phenoxy) is 2. The largest absolute Gasteiger partial charge is 0.490 e. The number of hydrogen-bond acceptors (Lipinski definition) is 8. The predicted molar refractivity (Wildman–Crippen MR) is 179 cm³/mol. The van der Waals surface area contributed by atoms with Crippen LogP contribution in [0.15, 0.2) is 53.4 Å². The van der Waals surface area contributed by atoms with Crippen LogP contribution in [0.2, 0.25) is 5.02 Å². The SMILES string of the molecule is C[C@@H]1C(=O)NS(=O)(=O)c2ccc3c(c2)N(C[C@@H]2CC[C@H]2[C@@H](OC(=O)N(C)C)C=CCN1C(=O)O)C[C@@]1(CCCc2cc(Cl)ccc21)CO3. The van der Waals surface area contributed by atoms with Crippen LogP contribution in [-0.2, 0) is 31.4 Å². The summed E-state index contributed by atoms with van der Waals surface area (Å²) >= 11 is 6.40. The second kappa shape index (κ2) is 13.1. The van der Waals surface area contributed by atoms with Gasteiger partial charge in [-0.2, -0.15) is 0 Å². The van der Waals surface area contributed by atoms with Crippen molar-refractivity contribution >= 4 is 45.4 Å². The normalized spacial score (nSPS) is 28.1. The van der Waals surface area contributed by atoms with Gasteiger partial charge in [0.1, 0.15) is 17.9 Å². The summed E-state index contributed by atoms with van der Waals surface area (Å²) in [4.78, 5) is 42.3. The third kappa shape index (κ3) is 6.54. The van der Waals surface area contributed by atoms with Crippen molar-refractivity contribution in [1.29, 1.82) is 0 Å². The highest BCUT2D eigenvalue weighted by Crippen LogP contribution is 2.47. The van der Waals surface area contributed by atoms with Gasteiger partial charge in [0.2, 0.25) is 0 Å². The van der Waals surface area contributed by atoms with Crippen LogP contribution < -0.4 is 14.4 Å². The van der Waals surface area contributed by atoms with Crippen LogP contribution in [-0.4, -0.2) is 93.9 Å². The molecular weight excluding hydrogens is 660 g/mol. The number of halogens is 1. The van der Waals surface area contributed by atoms with E-state index < -0.39 is 45.7 Å². The first-order valence-electron chi connectivity index (χ1n) is 16.2. The molecule has 3 amide bonds. The van der Waals surface area contributed by atoms with E-state index in [0.29, 0.717) is 36.2 Å². The number of benzene rings is 2. The van der Waals surface area contributed by atoms with Gasteiger partial charge in [0, 0.05) is 50.1 Å². The van der Waals surface area contributed by atoms with Crippen LogP contribution in [0.1, 0.15) is 43.7 Å². The average molecular weight is 701 g/mol. The van der Waals surface area contributed by atoms with Gasteiger partial charge >= 0.3 is 12.2 Å². The topological polar surface area (TPSA) is 146 Å². The first kappa shape index (κ1) is 33.9. The predicted octanol–water partition coefficient (Wildman–Crippen LogP) is 4.65. The number of anilines is 1. The van der Waals surface area contributed by atoms with Gasteiger partial charge in [-0.15, -0.1) is 0 Å². The fourth-order valence-electron chi connectivity index (χ4n) is 7.42. The van der Waals surface area contributed by atoms with Gasteiger partial charge in [-0.1, -0.05) is 23.7 Å². The fourth-order valence-corrected chi connectivity index (χ4v) is 8.68. The minimum atomic E-state index is -4.38. The molecule has 2 heterocycles. The average Bonchev–Trinajstić information content (AvgIpc) is 3.16. The monoisotopic (exact) mass is 700 g/mol. The maximum atomic E-state index is 13.6. The van der Waals surface area contributed by atoms with Gasteiger partial charge < -0.3 is 24.4 Å². The minimum Gasteiger partial charge on any atom is -0.490 e. The summed E-state index contributed by atoms with van der Waals surface area (Å²) in [6.45, 7) is 2.57. The number of amides is 3. The number of aryl methyl sites for hydroxylation is 1. The van der Waals surface area contributed by atoms with Crippen LogP contribution >= 0.6 is 11.6 Å². The van der Waals surface area contributed by atoms with E-state index in [4.69, 9.17) is 21.1 Å². The highest BCUT2D eigenvalue weighted by atomic mass is 35.5. The highest BCUT2D eigenvalue weighted by molar-refractivity contribution is 7.90. The van der Waals surface area contributed by atoms with Crippen molar-refractivity contribution in [1.82, 2.24) is 14.5 Å². The Hall–Kier alpha value is -3.97. The molecule has 0 saturated heterocycles. The molecule has 6 rings (SSSR count). The smallest absolute Gasteiger partial charge is 0.409 e. The Morgan fingerprint density at radius 1 is 1.17 bits per heavy atom. The van der Waals surface area contributed by atoms with E-state index in [1.165, 1.54) is 35.1 Å². The van der Waals surface area contributed by atoms with Crippen molar-refractivity contribution in [3.63, 3.8) is 0 Å². The third-order valence-electron chi connectivity index (χ3n) is 10.2. The summed E-state index contributed by atoms with van der Waals surface area (Å²) in [6, 6.07) is 9.19. The Kier molecular flexibility index (Phi) is 9.29.